The molecule has 0 fully saturated rings. The number of benzene rings is 1. The van der Waals surface area contributed by atoms with Crippen molar-refractivity contribution >= 4 is 17.7 Å². The number of hydrogen-bond acceptors (Lipinski definition) is 4. The van der Waals surface area contributed by atoms with Gasteiger partial charge in [-0.1, -0.05) is 12.1 Å². The molecule has 2 heterocycles. The van der Waals surface area contributed by atoms with Crippen LogP contribution in [0.2, 0.25) is 0 Å². The average Bonchev–Trinajstić information content (AvgIpc) is 3.20. The predicted molar refractivity (Wildman–Crippen MR) is 89.1 cm³/mol. The zero-order valence-corrected chi connectivity index (χ0v) is 13.0. The molecule has 3 rings (SSSR count). The number of anilines is 1. The Morgan fingerprint density at radius 1 is 1.48 bits per heavy atom. The lowest BCUT2D eigenvalue weighted by molar-refractivity contribution is -0.116. The molecule has 0 radical (unpaired) electrons. The number of aliphatic hydroxyl groups is 1. The van der Waals surface area contributed by atoms with Gasteiger partial charge in [0.1, 0.15) is 5.76 Å². The fourth-order valence-corrected chi connectivity index (χ4v) is 2.71. The summed E-state index contributed by atoms with van der Waals surface area (Å²) >= 11 is 0. The van der Waals surface area contributed by atoms with Gasteiger partial charge in [0.25, 0.3) is 0 Å². The van der Waals surface area contributed by atoms with Gasteiger partial charge in [-0.15, -0.1) is 0 Å². The number of nitrogens with one attached hydrogen (secondary N) is 1. The molecule has 0 saturated carbocycles. The Morgan fingerprint density at radius 2 is 2.35 bits per heavy atom. The summed E-state index contributed by atoms with van der Waals surface area (Å²) in [5.41, 5.74) is 3.29. The second kappa shape index (κ2) is 6.71. The largest absolute Gasteiger partial charge is 0.465 e. The van der Waals surface area contributed by atoms with Crippen LogP contribution in [-0.4, -0.2) is 31.2 Å². The third-order valence-electron chi connectivity index (χ3n) is 4.03. The molecule has 1 amide bonds. The van der Waals surface area contributed by atoms with E-state index in [1.54, 1.807) is 24.5 Å². The molecule has 5 heteroatoms. The number of fused-ring (bicyclic) bond motifs is 1. The molecule has 1 aromatic carbocycles. The van der Waals surface area contributed by atoms with E-state index in [1.807, 2.05) is 18.2 Å². The first-order valence-electron chi connectivity index (χ1n) is 7.65. The topological polar surface area (TPSA) is 65.7 Å². The average molecular weight is 312 g/mol. The SMILES string of the molecule is CN1CCc2cc(C(O)CNC(=O)C=Cc3ccco3)ccc21. The van der Waals surface area contributed by atoms with Gasteiger partial charge in [-0.05, 0) is 41.8 Å². The Morgan fingerprint density at radius 3 is 3.13 bits per heavy atom. The van der Waals surface area contributed by atoms with E-state index >= 15 is 0 Å². The van der Waals surface area contributed by atoms with E-state index in [1.165, 1.54) is 17.3 Å². The minimum Gasteiger partial charge on any atom is -0.465 e. The van der Waals surface area contributed by atoms with Crippen LogP contribution >= 0.6 is 0 Å². The number of hydrogen-bond donors (Lipinski definition) is 2. The second-order valence-electron chi connectivity index (χ2n) is 5.67. The molecule has 1 aliphatic rings. The molecule has 0 spiro atoms. The van der Waals surface area contributed by atoms with Crippen LogP contribution in [0.5, 0.6) is 0 Å². The van der Waals surface area contributed by atoms with E-state index in [2.05, 4.69) is 17.3 Å². The molecule has 1 unspecified atom stereocenters. The summed E-state index contributed by atoms with van der Waals surface area (Å²) in [4.78, 5) is 13.9. The van der Waals surface area contributed by atoms with Gasteiger partial charge in [-0.25, -0.2) is 0 Å². The summed E-state index contributed by atoms with van der Waals surface area (Å²) in [6, 6.07) is 9.48. The van der Waals surface area contributed by atoms with Crippen molar-refractivity contribution in [3.63, 3.8) is 0 Å². The number of likely N-dealkylation sites (N-methyl/N-ethyl adjacent to an activating group) is 1. The van der Waals surface area contributed by atoms with Crippen molar-refractivity contribution in [3.05, 3.63) is 59.6 Å². The van der Waals surface area contributed by atoms with Gasteiger partial charge in [0.2, 0.25) is 5.91 Å². The smallest absolute Gasteiger partial charge is 0.244 e. The molecular weight excluding hydrogens is 292 g/mol. The number of aliphatic hydroxyl groups excluding tert-OH is 1. The van der Waals surface area contributed by atoms with Crippen molar-refractivity contribution in [2.45, 2.75) is 12.5 Å². The Bertz CT molecular complexity index is 707. The van der Waals surface area contributed by atoms with Gasteiger partial charge in [-0.2, -0.15) is 0 Å². The highest BCUT2D eigenvalue weighted by Gasteiger charge is 2.17. The summed E-state index contributed by atoms with van der Waals surface area (Å²) in [6.07, 6.45) is 4.81. The normalized spacial score (nSPS) is 15.0. The van der Waals surface area contributed by atoms with E-state index in [0.29, 0.717) is 5.76 Å². The summed E-state index contributed by atoms with van der Waals surface area (Å²) in [6.45, 7) is 1.18. The molecule has 5 nitrogen and oxygen atoms in total. The van der Waals surface area contributed by atoms with E-state index < -0.39 is 6.10 Å². The zero-order valence-electron chi connectivity index (χ0n) is 13.0. The fraction of sp³-hybridized carbons (Fsp3) is 0.278. The van der Waals surface area contributed by atoms with Crippen molar-refractivity contribution in [1.29, 1.82) is 0 Å². The van der Waals surface area contributed by atoms with Crippen LogP contribution in [0, 0.1) is 0 Å². The highest BCUT2D eigenvalue weighted by Crippen LogP contribution is 2.29. The Labute approximate surface area is 135 Å². The number of furan rings is 1. The van der Waals surface area contributed by atoms with Gasteiger partial charge in [-0.3, -0.25) is 4.79 Å². The number of carbonyl (C=O) groups is 1. The van der Waals surface area contributed by atoms with Crippen molar-refractivity contribution in [1.82, 2.24) is 5.32 Å². The molecule has 2 aromatic rings. The van der Waals surface area contributed by atoms with Crippen LogP contribution < -0.4 is 10.2 Å². The number of amides is 1. The van der Waals surface area contributed by atoms with Gasteiger partial charge in [0, 0.05) is 31.9 Å². The van der Waals surface area contributed by atoms with Gasteiger partial charge in [0.15, 0.2) is 0 Å². The van der Waals surface area contributed by atoms with Crippen LogP contribution in [0.1, 0.15) is 23.0 Å². The van der Waals surface area contributed by atoms with E-state index in [9.17, 15) is 9.90 Å². The fourth-order valence-electron chi connectivity index (χ4n) is 2.71. The summed E-state index contributed by atoms with van der Waals surface area (Å²) in [5, 5.41) is 12.9. The van der Waals surface area contributed by atoms with E-state index in [-0.39, 0.29) is 12.5 Å². The lowest BCUT2D eigenvalue weighted by Crippen LogP contribution is -2.26. The quantitative estimate of drug-likeness (QED) is 0.830. The maximum atomic E-state index is 11.7. The van der Waals surface area contributed by atoms with Gasteiger partial charge in [0.05, 0.1) is 12.4 Å². The monoisotopic (exact) mass is 312 g/mol. The Hall–Kier alpha value is -2.53. The maximum absolute atomic E-state index is 11.7. The molecule has 1 aliphatic heterocycles. The molecule has 1 aromatic heterocycles. The first kappa shape index (κ1) is 15.4. The van der Waals surface area contributed by atoms with Crippen LogP contribution in [0.15, 0.2) is 47.1 Å². The summed E-state index contributed by atoms with van der Waals surface area (Å²) < 4.78 is 5.11. The standard InChI is InChI=1S/C18H20N2O3/c1-20-9-8-13-11-14(4-6-16(13)20)17(21)12-19-18(22)7-5-15-3-2-10-23-15/h2-7,10-11,17,21H,8-9,12H2,1H3,(H,19,22). The van der Waals surface area contributed by atoms with Crippen LogP contribution in [0.3, 0.4) is 0 Å². The van der Waals surface area contributed by atoms with Crippen LogP contribution in [-0.2, 0) is 11.2 Å². The molecule has 0 saturated heterocycles. The van der Waals surface area contributed by atoms with Gasteiger partial charge < -0.3 is 19.7 Å². The second-order valence-corrected chi connectivity index (χ2v) is 5.67. The molecule has 23 heavy (non-hydrogen) atoms. The number of carbonyl (C=O) groups excluding carboxylic acids is 1. The first-order chi connectivity index (χ1) is 11.1. The van der Waals surface area contributed by atoms with Crippen LogP contribution in [0.4, 0.5) is 5.69 Å². The molecule has 2 N–H and O–H groups in total. The summed E-state index contributed by atoms with van der Waals surface area (Å²) in [5.74, 6) is 0.352. The predicted octanol–water partition coefficient (Wildman–Crippen LogP) is 2.13. The van der Waals surface area contributed by atoms with E-state index in [0.717, 1.165) is 18.5 Å². The molecule has 0 bridgehead atoms. The lowest BCUT2D eigenvalue weighted by atomic mass is 10.0. The van der Waals surface area contributed by atoms with Crippen molar-refractivity contribution in [2.75, 3.05) is 25.0 Å². The minimum absolute atomic E-state index is 0.177. The summed E-state index contributed by atoms with van der Waals surface area (Å²) in [7, 11) is 2.06. The van der Waals surface area contributed by atoms with Crippen molar-refractivity contribution in [2.24, 2.45) is 0 Å². The highest BCUT2D eigenvalue weighted by atomic mass is 16.3. The van der Waals surface area contributed by atoms with Crippen LogP contribution in [0.25, 0.3) is 6.08 Å². The molecule has 120 valence electrons. The van der Waals surface area contributed by atoms with Crippen molar-refractivity contribution in [3.8, 4) is 0 Å². The number of rotatable bonds is 5. The van der Waals surface area contributed by atoms with E-state index in [4.69, 9.17) is 4.42 Å². The molecule has 1 atom stereocenters. The molecular formula is C18H20N2O3. The maximum Gasteiger partial charge on any atom is 0.244 e. The Balaban J connectivity index is 1.55. The lowest BCUT2D eigenvalue weighted by Gasteiger charge is -2.15. The van der Waals surface area contributed by atoms with Crippen molar-refractivity contribution < 1.29 is 14.3 Å². The molecule has 0 aliphatic carbocycles. The Kier molecular flexibility index (Phi) is 4.48. The zero-order chi connectivity index (χ0) is 16.2. The highest BCUT2D eigenvalue weighted by molar-refractivity contribution is 5.91. The third kappa shape index (κ3) is 3.63. The number of nitrogens with zero attached hydrogens (tertiary/aromatic N) is 1. The third-order valence-corrected chi connectivity index (χ3v) is 4.03. The first-order valence-corrected chi connectivity index (χ1v) is 7.65. The van der Waals surface area contributed by atoms with Gasteiger partial charge >= 0.3 is 0 Å². The minimum atomic E-state index is -0.716.